The van der Waals surface area contributed by atoms with Crippen molar-refractivity contribution in [1.29, 1.82) is 0 Å². The number of hydrazine groups is 1. The lowest BCUT2D eigenvalue weighted by atomic mass is 10.1. The summed E-state index contributed by atoms with van der Waals surface area (Å²) in [6.45, 7) is 0.748. The lowest BCUT2D eigenvalue weighted by Crippen LogP contribution is -2.42. The third-order valence-corrected chi connectivity index (χ3v) is 6.06. The van der Waals surface area contributed by atoms with Crippen molar-refractivity contribution in [3.05, 3.63) is 53.1 Å². The average molecular weight is 439 g/mol. The summed E-state index contributed by atoms with van der Waals surface area (Å²) >= 11 is 5.78. The molecule has 0 fully saturated rings. The summed E-state index contributed by atoms with van der Waals surface area (Å²) in [5, 5.41) is 0.557. The van der Waals surface area contributed by atoms with E-state index in [4.69, 9.17) is 21.1 Å². The lowest BCUT2D eigenvalue weighted by molar-refractivity contribution is -0.128. The molecule has 0 bridgehead atoms. The van der Waals surface area contributed by atoms with E-state index >= 15 is 0 Å². The molecule has 0 radical (unpaired) electrons. The van der Waals surface area contributed by atoms with Gasteiger partial charge in [-0.15, -0.1) is 0 Å². The van der Waals surface area contributed by atoms with Crippen LogP contribution in [-0.2, 0) is 25.8 Å². The summed E-state index contributed by atoms with van der Waals surface area (Å²) in [5.74, 6) is -0.621. The number of carbonyl (C=O) groups is 2. The summed E-state index contributed by atoms with van der Waals surface area (Å²) in [5.41, 5.74) is 5.20. The van der Waals surface area contributed by atoms with Crippen molar-refractivity contribution >= 4 is 33.3 Å². The van der Waals surface area contributed by atoms with Crippen molar-refractivity contribution in [2.75, 3.05) is 19.0 Å². The van der Waals surface area contributed by atoms with E-state index in [1.807, 2.05) is 0 Å². The first kappa shape index (κ1) is 20.9. The molecule has 0 spiro atoms. The van der Waals surface area contributed by atoms with Gasteiger partial charge in [-0.25, -0.2) is 8.42 Å². The molecule has 1 heterocycles. The third kappa shape index (κ3) is 5.85. The maximum absolute atomic E-state index is 12.5. The van der Waals surface area contributed by atoms with Crippen molar-refractivity contribution in [2.45, 2.75) is 17.7 Å². The Morgan fingerprint density at radius 3 is 2.31 bits per heavy atom. The van der Waals surface area contributed by atoms with Gasteiger partial charge in [0.15, 0.2) is 21.3 Å². The number of hydrogen-bond donors (Lipinski definition) is 2. The minimum atomic E-state index is -3.70. The van der Waals surface area contributed by atoms with Crippen LogP contribution in [0.1, 0.15) is 12.0 Å². The average Bonchev–Trinajstić information content (AvgIpc) is 2.72. The van der Waals surface area contributed by atoms with Gasteiger partial charge in [0.1, 0.15) is 13.2 Å². The first-order valence-corrected chi connectivity index (χ1v) is 10.8. The first-order chi connectivity index (χ1) is 13.8. The molecule has 2 N–H and O–H groups in total. The van der Waals surface area contributed by atoms with Crippen LogP contribution in [0.5, 0.6) is 11.5 Å². The molecule has 0 saturated heterocycles. The van der Waals surface area contributed by atoms with Gasteiger partial charge in [-0.2, -0.15) is 0 Å². The number of hydrogen-bond acceptors (Lipinski definition) is 6. The smallest absolute Gasteiger partial charge is 0.242 e. The first-order valence-electron chi connectivity index (χ1n) is 8.78. The monoisotopic (exact) mass is 438 g/mol. The Balaban J connectivity index is 1.48. The number of carbonyl (C=O) groups excluding carboxylic acids is 2. The quantitative estimate of drug-likeness (QED) is 0.663. The number of fused-ring (bicyclic) bond motifs is 1. The van der Waals surface area contributed by atoms with Crippen molar-refractivity contribution < 1.29 is 27.5 Å². The summed E-state index contributed by atoms with van der Waals surface area (Å²) in [7, 11) is -3.70. The van der Waals surface area contributed by atoms with Crippen LogP contribution < -0.4 is 20.3 Å². The fraction of sp³-hybridized carbons (Fsp3) is 0.263. The predicted octanol–water partition coefficient (Wildman–Crippen LogP) is 1.67. The van der Waals surface area contributed by atoms with Crippen molar-refractivity contribution in [1.82, 2.24) is 10.9 Å². The highest BCUT2D eigenvalue weighted by atomic mass is 35.5. The van der Waals surface area contributed by atoms with Crippen LogP contribution in [0.25, 0.3) is 0 Å². The van der Waals surface area contributed by atoms with Gasteiger partial charge in [0.05, 0.1) is 17.1 Å². The molecule has 0 aliphatic carbocycles. The highest BCUT2D eigenvalue weighted by molar-refractivity contribution is 7.91. The van der Waals surface area contributed by atoms with E-state index in [9.17, 15) is 18.0 Å². The highest BCUT2D eigenvalue weighted by Gasteiger charge is 2.20. The minimum absolute atomic E-state index is 0.0429. The molecule has 1 aliphatic rings. The molecule has 0 saturated carbocycles. The van der Waals surface area contributed by atoms with Gasteiger partial charge in [0, 0.05) is 17.5 Å². The third-order valence-electron chi connectivity index (χ3n) is 4.09. The summed E-state index contributed by atoms with van der Waals surface area (Å²) in [6.07, 6.45) is -0.259. The van der Waals surface area contributed by atoms with E-state index < -0.39 is 27.4 Å². The fourth-order valence-electron chi connectivity index (χ4n) is 2.60. The Kier molecular flexibility index (Phi) is 6.60. The largest absolute Gasteiger partial charge is 0.486 e. The van der Waals surface area contributed by atoms with Gasteiger partial charge in [-0.05, 0) is 29.8 Å². The van der Waals surface area contributed by atoms with Gasteiger partial charge < -0.3 is 9.47 Å². The Bertz CT molecular complexity index is 1010. The number of halogens is 1. The van der Waals surface area contributed by atoms with E-state index in [0.717, 1.165) is 5.56 Å². The van der Waals surface area contributed by atoms with Crippen LogP contribution >= 0.6 is 11.6 Å². The fourth-order valence-corrected chi connectivity index (χ4v) is 3.97. The number of ether oxygens (including phenoxy) is 2. The molecular weight excluding hydrogens is 420 g/mol. The highest BCUT2D eigenvalue weighted by Crippen LogP contribution is 2.32. The number of nitrogens with one attached hydrogen (secondary N) is 2. The number of amides is 2. The van der Waals surface area contributed by atoms with Crippen LogP contribution in [0.4, 0.5) is 0 Å². The Labute approximate surface area is 173 Å². The van der Waals surface area contributed by atoms with Gasteiger partial charge in [0.2, 0.25) is 11.8 Å². The molecule has 2 aromatic rings. The van der Waals surface area contributed by atoms with E-state index in [1.54, 1.807) is 24.3 Å². The second kappa shape index (κ2) is 9.15. The SMILES string of the molecule is O=C(CCS(=O)(=O)c1ccc2c(c1)OCCO2)NNC(=O)Cc1ccc(Cl)cc1. The molecule has 8 nitrogen and oxygen atoms in total. The number of sulfone groups is 1. The van der Waals surface area contributed by atoms with Crippen molar-refractivity contribution in [2.24, 2.45) is 0 Å². The molecule has 1 aliphatic heterocycles. The predicted molar refractivity (Wildman–Crippen MR) is 106 cm³/mol. The molecule has 0 unspecified atom stereocenters. The number of benzene rings is 2. The molecular formula is C19H19ClN2O6S. The maximum atomic E-state index is 12.5. The van der Waals surface area contributed by atoms with Crippen LogP contribution in [-0.4, -0.2) is 39.2 Å². The molecule has 29 heavy (non-hydrogen) atoms. The standard InChI is InChI=1S/C19H19ClN2O6S/c20-14-3-1-13(2-4-14)11-19(24)22-21-18(23)7-10-29(25,26)15-5-6-16-17(12-15)28-9-8-27-16/h1-6,12H,7-11H2,(H,21,23)(H,22,24). The zero-order valence-electron chi connectivity index (χ0n) is 15.3. The van der Waals surface area contributed by atoms with Crippen molar-refractivity contribution in [3.8, 4) is 11.5 Å². The molecule has 2 amide bonds. The Morgan fingerprint density at radius 2 is 1.59 bits per heavy atom. The summed E-state index contributed by atoms with van der Waals surface area (Å²) in [6, 6.07) is 11.0. The molecule has 10 heteroatoms. The van der Waals surface area contributed by atoms with E-state index in [1.165, 1.54) is 18.2 Å². The molecule has 2 aromatic carbocycles. The lowest BCUT2D eigenvalue weighted by Gasteiger charge is -2.18. The van der Waals surface area contributed by atoms with Gasteiger partial charge in [-0.3, -0.25) is 20.4 Å². The normalized spacial score (nSPS) is 12.9. The number of rotatable bonds is 6. The molecule has 0 atom stereocenters. The van der Waals surface area contributed by atoms with Crippen LogP contribution in [0.15, 0.2) is 47.4 Å². The minimum Gasteiger partial charge on any atom is -0.486 e. The molecule has 0 aromatic heterocycles. The Morgan fingerprint density at radius 1 is 0.931 bits per heavy atom. The van der Waals surface area contributed by atoms with Crippen LogP contribution in [0, 0.1) is 0 Å². The maximum Gasteiger partial charge on any atom is 0.242 e. The summed E-state index contributed by atoms with van der Waals surface area (Å²) < 4.78 is 35.7. The zero-order chi connectivity index (χ0) is 20.9. The summed E-state index contributed by atoms with van der Waals surface area (Å²) in [4.78, 5) is 23.8. The van der Waals surface area contributed by atoms with E-state index in [-0.39, 0.29) is 17.7 Å². The van der Waals surface area contributed by atoms with E-state index in [2.05, 4.69) is 10.9 Å². The van der Waals surface area contributed by atoms with Crippen molar-refractivity contribution in [3.63, 3.8) is 0 Å². The van der Waals surface area contributed by atoms with Gasteiger partial charge >= 0.3 is 0 Å². The molecule has 3 rings (SSSR count). The zero-order valence-corrected chi connectivity index (χ0v) is 16.9. The topological polar surface area (TPSA) is 111 Å². The van der Waals surface area contributed by atoms with Gasteiger partial charge in [0.25, 0.3) is 0 Å². The van der Waals surface area contributed by atoms with Crippen LogP contribution in [0.2, 0.25) is 5.02 Å². The Hall–Kier alpha value is -2.78. The second-order valence-corrected chi connectivity index (χ2v) is 8.82. The molecule has 154 valence electrons. The van der Waals surface area contributed by atoms with Crippen LogP contribution in [0.3, 0.4) is 0 Å². The van der Waals surface area contributed by atoms with E-state index in [0.29, 0.717) is 29.7 Å². The van der Waals surface area contributed by atoms with Gasteiger partial charge in [-0.1, -0.05) is 23.7 Å². The second-order valence-electron chi connectivity index (χ2n) is 6.27.